The van der Waals surface area contributed by atoms with Crippen LogP contribution in [-0.4, -0.2) is 47.6 Å². The number of nitrogens with one attached hydrogen (secondary N) is 2. The van der Waals surface area contributed by atoms with Crippen molar-refractivity contribution in [1.82, 2.24) is 15.2 Å². The van der Waals surface area contributed by atoms with Crippen LogP contribution in [0.3, 0.4) is 0 Å². The molecule has 1 saturated heterocycles. The van der Waals surface area contributed by atoms with Gasteiger partial charge in [0, 0.05) is 31.2 Å². The molecule has 0 radical (unpaired) electrons. The van der Waals surface area contributed by atoms with Crippen LogP contribution in [0.2, 0.25) is 0 Å². The highest BCUT2D eigenvalue weighted by atomic mass is 16.5. The average Bonchev–Trinajstić information content (AvgIpc) is 3.59. The van der Waals surface area contributed by atoms with Crippen LogP contribution in [0.15, 0.2) is 48.8 Å². The van der Waals surface area contributed by atoms with E-state index in [0.29, 0.717) is 43.5 Å². The minimum Gasteiger partial charge on any atom is -0.377 e. The summed E-state index contributed by atoms with van der Waals surface area (Å²) in [6, 6.07) is 11.1. The molecule has 1 aliphatic carbocycles. The molecule has 7 nitrogen and oxygen atoms in total. The molecule has 3 amide bonds. The molecule has 28 heavy (non-hydrogen) atoms. The van der Waals surface area contributed by atoms with Gasteiger partial charge in [-0.2, -0.15) is 0 Å². The summed E-state index contributed by atoms with van der Waals surface area (Å²) in [5.41, 5.74) is 2.18. The van der Waals surface area contributed by atoms with Crippen LogP contribution in [0.4, 0.5) is 10.5 Å². The van der Waals surface area contributed by atoms with Crippen LogP contribution < -0.4 is 10.6 Å². The minimum absolute atomic E-state index is 0.0332. The zero-order valence-corrected chi connectivity index (χ0v) is 15.6. The van der Waals surface area contributed by atoms with Gasteiger partial charge in [0.15, 0.2) is 0 Å². The van der Waals surface area contributed by atoms with Crippen LogP contribution in [0, 0.1) is 5.92 Å². The molecule has 2 heterocycles. The molecule has 7 heteroatoms. The standard InChI is InChI=1S/C21H24N4O3/c26-20(17-2-1-9-22-13-17)24-18-7-3-15(4-8-18)12-23-21(27)25-10-11-28-14-19(25)16-5-6-16/h1-4,7-9,13,16,19H,5-6,10-12,14H2,(H,23,27)(H,24,26). The maximum atomic E-state index is 12.6. The molecule has 2 N–H and O–H groups in total. The Hall–Kier alpha value is -2.93. The monoisotopic (exact) mass is 380 g/mol. The van der Waals surface area contributed by atoms with Gasteiger partial charge in [-0.3, -0.25) is 9.78 Å². The SMILES string of the molecule is O=C(Nc1ccc(CNC(=O)N2CCOCC2C2CC2)cc1)c1cccnc1. The molecule has 1 aliphatic heterocycles. The maximum Gasteiger partial charge on any atom is 0.318 e. The summed E-state index contributed by atoms with van der Waals surface area (Å²) >= 11 is 0. The third-order valence-corrected chi connectivity index (χ3v) is 5.17. The quantitative estimate of drug-likeness (QED) is 0.835. The fraction of sp³-hybridized carbons (Fsp3) is 0.381. The smallest absolute Gasteiger partial charge is 0.318 e. The van der Waals surface area contributed by atoms with Crippen molar-refractivity contribution in [3.8, 4) is 0 Å². The third kappa shape index (κ3) is 4.48. The largest absolute Gasteiger partial charge is 0.377 e. The normalized spacial score (nSPS) is 19.1. The number of aromatic nitrogens is 1. The molecule has 1 unspecified atom stereocenters. The minimum atomic E-state index is -0.201. The Morgan fingerprint density at radius 2 is 2.00 bits per heavy atom. The van der Waals surface area contributed by atoms with Gasteiger partial charge in [0.25, 0.3) is 5.91 Å². The summed E-state index contributed by atoms with van der Waals surface area (Å²) in [4.78, 5) is 30.6. The highest BCUT2D eigenvalue weighted by molar-refractivity contribution is 6.04. The van der Waals surface area contributed by atoms with Gasteiger partial charge in [-0.15, -0.1) is 0 Å². The molecular weight excluding hydrogens is 356 g/mol. The summed E-state index contributed by atoms with van der Waals surface area (Å²) in [6.45, 7) is 2.34. The summed E-state index contributed by atoms with van der Waals surface area (Å²) in [6.07, 6.45) is 5.53. The van der Waals surface area contributed by atoms with E-state index in [-0.39, 0.29) is 18.0 Å². The van der Waals surface area contributed by atoms with Crippen LogP contribution in [0.1, 0.15) is 28.8 Å². The van der Waals surface area contributed by atoms with Crippen molar-refractivity contribution >= 4 is 17.6 Å². The number of hydrogen-bond donors (Lipinski definition) is 2. The van der Waals surface area contributed by atoms with E-state index in [0.717, 1.165) is 5.56 Å². The van der Waals surface area contributed by atoms with Crippen LogP contribution >= 0.6 is 0 Å². The fourth-order valence-corrected chi connectivity index (χ4v) is 3.43. The molecule has 1 aromatic carbocycles. The lowest BCUT2D eigenvalue weighted by atomic mass is 10.1. The van der Waals surface area contributed by atoms with E-state index in [9.17, 15) is 9.59 Å². The van der Waals surface area contributed by atoms with Crippen LogP contribution in [0.25, 0.3) is 0 Å². The lowest BCUT2D eigenvalue weighted by Gasteiger charge is -2.35. The molecule has 4 rings (SSSR count). The number of anilines is 1. The van der Waals surface area contributed by atoms with E-state index in [1.807, 2.05) is 29.2 Å². The van der Waals surface area contributed by atoms with Crippen molar-refractivity contribution in [2.24, 2.45) is 5.92 Å². The van der Waals surface area contributed by atoms with Crippen molar-refractivity contribution in [3.63, 3.8) is 0 Å². The Balaban J connectivity index is 1.29. The van der Waals surface area contributed by atoms with E-state index in [4.69, 9.17) is 4.74 Å². The van der Waals surface area contributed by atoms with E-state index < -0.39 is 0 Å². The van der Waals surface area contributed by atoms with Gasteiger partial charge in [0.2, 0.25) is 0 Å². The Bertz CT molecular complexity index is 821. The number of amides is 3. The first kappa shape index (κ1) is 18.4. The maximum absolute atomic E-state index is 12.6. The molecule has 0 bridgehead atoms. The number of carbonyl (C=O) groups excluding carboxylic acids is 2. The van der Waals surface area contributed by atoms with Gasteiger partial charge >= 0.3 is 6.03 Å². The van der Waals surface area contributed by atoms with Gasteiger partial charge in [0.1, 0.15) is 0 Å². The number of pyridine rings is 1. The summed E-state index contributed by atoms with van der Waals surface area (Å²) in [7, 11) is 0. The lowest BCUT2D eigenvalue weighted by molar-refractivity contribution is 0.00463. The molecule has 2 aromatic rings. The van der Waals surface area contributed by atoms with Crippen molar-refractivity contribution < 1.29 is 14.3 Å². The topological polar surface area (TPSA) is 83.6 Å². The number of nitrogens with zero attached hydrogens (tertiary/aromatic N) is 2. The molecule has 0 spiro atoms. The second-order valence-electron chi connectivity index (χ2n) is 7.22. The second-order valence-corrected chi connectivity index (χ2v) is 7.22. The molecule has 1 atom stereocenters. The Morgan fingerprint density at radius 1 is 1.18 bits per heavy atom. The first-order valence-corrected chi connectivity index (χ1v) is 9.63. The third-order valence-electron chi connectivity index (χ3n) is 5.17. The fourth-order valence-electron chi connectivity index (χ4n) is 3.43. The van der Waals surface area contributed by atoms with Gasteiger partial charge in [-0.05, 0) is 48.6 Å². The van der Waals surface area contributed by atoms with E-state index in [1.165, 1.54) is 19.0 Å². The number of rotatable bonds is 5. The van der Waals surface area contributed by atoms with Crippen LogP contribution in [0.5, 0.6) is 0 Å². The van der Waals surface area contributed by atoms with Crippen molar-refractivity contribution in [2.75, 3.05) is 25.1 Å². The van der Waals surface area contributed by atoms with Gasteiger partial charge in [0.05, 0.1) is 24.8 Å². The van der Waals surface area contributed by atoms with E-state index in [1.54, 1.807) is 18.3 Å². The number of urea groups is 1. The molecular formula is C21H24N4O3. The Labute approximate surface area is 164 Å². The lowest BCUT2D eigenvalue weighted by Crippen LogP contribution is -2.53. The molecule has 2 aliphatic rings. The summed E-state index contributed by atoms with van der Waals surface area (Å²) in [5.74, 6) is 0.390. The van der Waals surface area contributed by atoms with Crippen molar-refractivity contribution in [1.29, 1.82) is 0 Å². The number of morpholine rings is 1. The molecule has 1 saturated carbocycles. The zero-order chi connectivity index (χ0) is 19.3. The van der Waals surface area contributed by atoms with E-state index >= 15 is 0 Å². The summed E-state index contributed by atoms with van der Waals surface area (Å²) in [5, 5.41) is 5.84. The number of hydrogen-bond acceptors (Lipinski definition) is 4. The van der Waals surface area contributed by atoms with Gasteiger partial charge in [-0.25, -0.2) is 4.79 Å². The Morgan fingerprint density at radius 3 is 2.71 bits per heavy atom. The second kappa shape index (κ2) is 8.39. The molecule has 2 fully saturated rings. The predicted molar refractivity (Wildman–Crippen MR) is 105 cm³/mol. The zero-order valence-electron chi connectivity index (χ0n) is 15.6. The van der Waals surface area contributed by atoms with Gasteiger partial charge in [-0.1, -0.05) is 12.1 Å². The highest BCUT2D eigenvalue weighted by Crippen LogP contribution is 2.36. The number of ether oxygens (including phenoxy) is 1. The predicted octanol–water partition coefficient (Wildman–Crippen LogP) is 2.65. The highest BCUT2D eigenvalue weighted by Gasteiger charge is 2.39. The van der Waals surface area contributed by atoms with Gasteiger partial charge < -0.3 is 20.3 Å². The van der Waals surface area contributed by atoms with Crippen molar-refractivity contribution in [2.45, 2.75) is 25.4 Å². The van der Waals surface area contributed by atoms with Crippen molar-refractivity contribution in [3.05, 3.63) is 59.9 Å². The summed E-state index contributed by atoms with van der Waals surface area (Å²) < 4.78 is 5.54. The first-order valence-electron chi connectivity index (χ1n) is 9.63. The number of carbonyl (C=O) groups is 2. The molecule has 1 aromatic heterocycles. The van der Waals surface area contributed by atoms with E-state index in [2.05, 4.69) is 15.6 Å². The molecule has 146 valence electrons. The first-order chi connectivity index (χ1) is 13.7. The number of benzene rings is 1. The Kier molecular flexibility index (Phi) is 5.53. The van der Waals surface area contributed by atoms with Crippen LogP contribution in [-0.2, 0) is 11.3 Å². The average molecular weight is 380 g/mol.